The third-order valence-electron chi connectivity index (χ3n) is 3.26. The van der Waals surface area contributed by atoms with E-state index < -0.39 is 0 Å². The van der Waals surface area contributed by atoms with Gasteiger partial charge in [0.05, 0.1) is 13.2 Å². The fraction of sp³-hybridized carbons (Fsp3) is 0.583. The first kappa shape index (κ1) is 12.3. The number of hydrogen-bond acceptors (Lipinski definition) is 5. The van der Waals surface area contributed by atoms with E-state index in [0.717, 1.165) is 44.4 Å². The summed E-state index contributed by atoms with van der Waals surface area (Å²) in [6.45, 7) is 6.25. The maximum Gasteiger partial charge on any atom is 0.180 e. The molecule has 0 amide bonds. The van der Waals surface area contributed by atoms with Gasteiger partial charge in [-0.3, -0.25) is 14.7 Å². The lowest BCUT2D eigenvalue weighted by Crippen LogP contribution is -2.40. The van der Waals surface area contributed by atoms with Gasteiger partial charge in [-0.25, -0.2) is 4.98 Å². The number of ether oxygens (including phenoxy) is 1. The summed E-state index contributed by atoms with van der Waals surface area (Å²) < 4.78 is 7.68. The Morgan fingerprint density at radius 2 is 2.42 bits per heavy atom. The minimum absolute atomic E-state index is 0.0312. The van der Waals surface area contributed by atoms with Crippen molar-refractivity contribution in [2.45, 2.75) is 19.6 Å². The minimum Gasteiger partial charge on any atom is -0.367 e. The number of hydrogen-bond donors (Lipinski definition) is 1. The zero-order chi connectivity index (χ0) is 13.1. The van der Waals surface area contributed by atoms with Crippen LogP contribution in [-0.4, -0.2) is 56.1 Å². The summed E-state index contributed by atoms with van der Waals surface area (Å²) in [6.07, 6.45) is 3.76. The van der Waals surface area contributed by atoms with Crippen LogP contribution >= 0.6 is 0 Å². The van der Waals surface area contributed by atoms with Gasteiger partial charge in [0.15, 0.2) is 5.82 Å². The van der Waals surface area contributed by atoms with Crippen molar-refractivity contribution in [3.05, 3.63) is 30.1 Å². The Morgan fingerprint density at radius 1 is 1.47 bits per heavy atom. The normalized spacial score (nSPS) is 20.8. The Bertz CT molecular complexity index is 508. The molecule has 1 saturated heterocycles. The molecule has 0 spiro atoms. The molecule has 3 rings (SSSR count). The maximum absolute atomic E-state index is 5.74. The van der Waals surface area contributed by atoms with Crippen molar-refractivity contribution in [2.24, 2.45) is 0 Å². The molecule has 1 N–H and O–H groups in total. The number of nitrogens with zero attached hydrogens (tertiary/aromatic N) is 5. The summed E-state index contributed by atoms with van der Waals surface area (Å²) in [5, 5.41) is 11.3. The first-order valence-electron chi connectivity index (χ1n) is 6.51. The predicted molar refractivity (Wildman–Crippen MR) is 68.5 cm³/mol. The molecule has 0 aliphatic carbocycles. The Balaban J connectivity index is 1.56. The van der Waals surface area contributed by atoms with Crippen molar-refractivity contribution in [3.8, 4) is 0 Å². The van der Waals surface area contributed by atoms with Gasteiger partial charge in [-0.2, -0.15) is 10.2 Å². The van der Waals surface area contributed by atoms with Crippen LogP contribution in [0.4, 0.5) is 0 Å². The van der Waals surface area contributed by atoms with Crippen molar-refractivity contribution >= 4 is 0 Å². The second-order valence-corrected chi connectivity index (χ2v) is 4.71. The highest BCUT2D eigenvalue weighted by Gasteiger charge is 2.24. The highest BCUT2D eigenvalue weighted by molar-refractivity contribution is 4.95. The van der Waals surface area contributed by atoms with Crippen LogP contribution in [0.25, 0.3) is 0 Å². The van der Waals surface area contributed by atoms with Crippen molar-refractivity contribution in [1.82, 2.24) is 29.9 Å². The Labute approximate surface area is 111 Å². The SMILES string of the molecule is Cc1nc(C2CN(CCn3cccn3)CCO2)n[nH]1. The van der Waals surface area contributed by atoms with Gasteiger partial charge in [-0.1, -0.05) is 0 Å². The molecule has 7 nitrogen and oxygen atoms in total. The van der Waals surface area contributed by atoms with Crippen molar-refractivity contribution in [2.75, 3.05) is 26.2 Å². The fourth-order valence-electron chi connectivity index (χ4n) is 2.24. The van der Waals surface area contributed by atoms with E-state index in [0.29, 0.717) is 0 Å². The topological polar surface area (TPSA) is 71.9 Å². The van der Waals surface area contributed by atoms with Crippen LogP contribution in [0.15, 0.2) is 18.5 Å². The summed E-state index contributed by atoms with van der Waals surface area (Å²) in [6, 6.07) is 1.94. The molecule has 0 radical (unpaired) electrons. The summed E-state index contributed by atoms with van der Waals surface area (Å²) >= 11 is 0. The Hall–Kier alpha value is -1.73. The van der Waals surface area contributed by atoms with Gasteiger partial charge in [0.25, 0.3) is 0 Å². The second-order valence-electron chi connectivity index (χ2n) is 4.71. The van der Waals surface area contributed by atoms with Crippen LogP contribution in [0.2, 0.25) is 0 Å². The fourth-order valence-corrected chi connectivity index (χ4v) is 2.24. The van der Waals surface area contributed by atoms with E-state index in [1.54, 1.807) is 6.20 Å². The molecule has 1 aliphatic heterocycles. The first-order chi connectivity index (χ1) is 9.31. The van der Waals surface area contributed by atoms with Crippen LogP contribution in [-0.2, 0) is 11.3 Å². The van der Waals surface area contributed by atoms with Gasteiger partial charge < -0.3 is 4.74 Å². The van der Waals surface area contributed by atoms with E-state index in [9.17, 15) is 0 Å². The molecule has 0 aromatic carbocycles. The average Bonchev–Trinajstić information content (AvgIpc) is 3.08. The zero-order valence-corrected chi connectivity index (χ0v) is 11.0. The quantitative estimate of drug-likeness (QED) is 0.862. The van der Waals surface area contributed by atoms with Crippen LogP contribution in [0.3, 0.4) is 0 Å². The van der Waals surface area contributed by atoms with Crippen molar-refractivity contribution in [1.29, 1.82) is 0 Å². The number of aromatic nitrogens is 5. The molecule has 1 atom stereocenters. The Kier molecular flexibility index (Phi) is 3.56. The number of nitrogens with one attached hydrogen (secondary N) is 1. The lowest BCUT2D eigenvalue weighted by molar-refractivity contribution is -0.0352. The average molecular weight is 262 g/mol. The largest absolute Gasteiger partial charge is 0.367 e. The molecule has 0 bridgehead atoms. The van der Waals surface area contributed by atoms with E-state index in [2.05, 4.69) is 25.2 Å². The summed E-state index contributed by atoms with van der Waals surface area (Å²) in [7, 11) is 0. The smallest absolute Gasteiger partial charge is 0.180 e. The molecule has 1 aliphatic rings. The van der Waals surface area contributed by atoms with Gasteiger partial charge in [-0.15, -0.1) is 0 Å². The highest BCUT2D eigenvalue weighted by atomic mass is 16.5. The third-order valence-corrected chi connectivity index (χ3v) is 3.26. The molecule has 1 unspecified atom stereocenters. The number of aryl methyl sites for hydroxylation is 1. The minimum atomic E-state index is -0.0312. The molecule has 102 valence electrons. The maximum atomic E-state index is 5.74. The molecular weight excluding hydrogens is 244 g/mol. The standard InChI is InChI=1S/C12H18N6O/c1-10-14-12(16-15-10)11-9-17(7-8-19-11)5-6-18-4-2-3-13-18/h2-4,11H,5-9H2,1H3,(H,14,15,16). The molecule has 19 heavy (non-hydrogen) atoms. The van der Waals surface area contributed by atoms with E-state index in [1.165, 1.54) is 0 Å². The monoisotopic (exact) mass is 262 g/mol. The van der Waals surface area contributed by atoms with Crippen LogP contribution in [0.5, 0.6) is 0 Å². The summed E-state index contributed by atoms with van der Waals surface area (Å²) in [4.78, 5) is 6.71. The summed E-state index contributed by atoms with van der Waals surface area (Å²) in [5.74, 6) is 1.58. The van der Waals surface area contributed by atoms with E-state index in [-0.39, 0.29) is 6.10 Å². The van der Waals surface area contributed by atoms with Gasteiger partial charge >= 0.3 is 0 Å². The zero-order valence-electron chi connectivity index (χ0n) is 11.0. The lowest BCUT2D eigenvalue weighted by atomic mass is 10.2. The number of aromatic amines is 1. The van der Waals surface area contributed by atoms with E-state index >= 15 is 0 Å². The molecule has 7 heteroatoms. The van der Waals surface area contributed by atoms with Crippen molar-refractivity contribution in [3.63, 3.8) is 0 Å². The molecule has 0 saturated carbocycles. The lowest BCUT2D eigenvalue weighted by Gasteiger charge is -2.31. The van der Waals surface area contributed by atoms with Gasteiger partial charge in [0.2, 0.25) is 0 Å². The molecule has 2 aromatic heterocycles. The predicted octanol–water partition coefficient (Wildman–Crippen LogP) is 0.383. The van der Waals surface area contributed by atoms with Crippen molar-refractivity contribution < 1.29 is 4.74 Å². The molecule has 2 aromatic rings. The van der Waals surface area contributed by atoms with E-state index in [4.69, 9.17) is 4.74 Å². The summed E-state index contributed by atoms with van der Waals surface area (Å²) in [5.41, 5.74) is 0. The first-order valence-corrected chi connectivity index (χ1v) is 6.51. The van der Waals surface area contributed by atoms with Gasteiger partial charge in [-0.05, 0) is 13.0 Å². The second kappa shape index (κ2) is 5.50. The van der Waals surface area contributed by atoms with E-state index in [1.807, 2.05) is 23.9 Å². The number of H-pyrrole nitrogens is 1. The Morgan fingerprint density at radius 3 is 3.16 bits per heavy atom. The highest BCUT2D eigenvalue weighted by Crippen LogP contribution is 2.18. The number of rotatable bonds is 4. The van der Waals surface area contributed by atoms with Crippen LogP contribution in [0, 0.1) is 6.92 Å². The molecular formula is C12H18N6O. The molecule has 1 fully saturated rings. The number of morpholine rings is 1. The van der Waals surface area contributed by atoms with Gasteiger partial charge in [0, 0.05) is 32.0 Å². The van der Waals surface area contributed by atoms with Gasteiger partial charge in [0.1, 0.15) is 11.9 Å². The van der Waals surface area contributed by atoms with Crippen LogP contribution in [0.1, 0.15) is 17.8 Å². The third kappa shape index (κ3) is 2.99. The van der Waals surface area contributed by atoms with Crippen LogP contribution < -0.4 is 0 Å². The molecule has 3 heterocycles.